The Kier molecular flexibility index (Phi) is 4.56. The van der Waals surface area contributed by atoms with Crippen molar-refractivity contribution in [2.45, 2.75) is 32.0 Å². The van der Waals surface area contributed by atoms with Crippen molar-refractivity contribution < 1.29 is 27.4 Å². The fourth-order valence-corrected chi connectivity index (χ4v) is 3.58. The highest BCUT2D eigenvalue weighted by Crippen LogP contribution is 2.35. The molecule has 0 fully saturated rings. The first kappa shape index (κ1) is 19.4. The van der Waals surface area contributed by atoms with Crippen molar-refractivity contribution in [3.8, 4) is 11.6 Å². The first-order chi connectivity index (χ1) is 14.9. The largest absolute Gasteiger partial charge is 0.486 e. The van der Waals surface area contributed by atoms with Crippen LogP contribution in [0.15, 0.2) is 24.7 Å². The molecule has 12 heteroatoms. The van der Waals surface area contributed by atoms with Crippen molar-refractivity contribution in [2.75, 3.05) is 18.1 Å². The number of hydrogen-bond donors (Lipinski definition) is 1. The molecule has 0 radical (unpaired) electrons. The Labute approximate surface area is 173 Å². The van der Waals surface area contributed by atoms with Gasteiger partial charge in [-0.2, -0.15) is 5.10 Å². The Balaban J connectivity index is 1.69. The van der Waals surface area contributed by atoms with E-state index >= 15 is 0 Å². The van der Waals surface area contributed by atoms with Crippen molar-refractivity contribution >= 4 is 17.4 Å². The molecule has 3 aromatic rings. The van der Waals surface area contributed by atoms with E-state index in [1.807, 2.05) is 11.8 Å². The zero-order valence-electron chi connectivity index (χ0n) is 16.3. The lowest BCUT2D eigenvalue weighted by molar-refractivity contribution is 0.0592. The van der Waals surface area contributed by atoms with Crippen LogP contribution in [-0.2, 0) is 6.54 Å². The molecule has 0 unspecified atom stereocenters. The molecule has 0 spiro atoms. The molecule has 0 aliphatic carbocycles. The molecule has 5 heterocycles. The number of aromatic nitrogens is 4. The lowest BCUT2D eigenvalue weighted by atomic mass is 10.2. The summed E-state index contributed by atoms with van der Waals surface area (Å²) in [5, 5.41) is 6.35. The van der Waals surface area contributed by atoms with E-state index in [-0.39, 0.29) is 29.7 Å². The van der Waals surface area contributed by atoms with Crippen LogP contribution in [0.3, 0.4) is 0 Å². The average molecular weight is 434 g/mol. The van der Waals surface area contributed by atoms with E-state index in [1.165, 1.54) is 16.8 Å². The number of fused-ring (bicyclic) bond motifs is 1. The van der Waals surface area contributed by atoms with Gasteiger partial charge < -0.3 is 19.7 Å². The van der Waals surface area contributed by atoms with Gasteiger partial charge >= 0.3 is 0 Å². The van der Waals surface area contributed by atoms with Gasteiger partial charge in [0.2, 0.25) is 5.88 Å². The first-order valence-electron chi connectivity index (χ1n) is 9.54. The number of carbonyl (C=O) groups excluding carboxylic acids is 1. The van der Waals surface area contributed by atoms with Crippen molar-refractivity contribution in [2.24, 2.45) is 0 Å². The van der Waals surface area contributed by atoms with Crippen molar-refractivity contribution in [3.05, 3.63) is 41.6 Å². The van der Waals surface area contributed by atoms with E-state index in [0.29, 0.717) is 23.7 Å². The summed E-state index contributed by atoms with van der Waals surface area (Å²) in [6, 6.07) is -0.531. The number of rotatable bonds is 1. The smallest absolute Gasteiger partial charge is 0.261 e. The molecule has 2 aliphatic heterocycles. The molecule has 1 amide bonds. The minimum Gasteiger partial charge on any atom is -0.486 e. The predicted octanol–water partition coefficient (Wildman–Crippen LogP) is 1.81. The maximum Gasteiger partial charge on any atom is 0.261 e. The minimum absolute atomic E-state index is 0.00451. The van der Waals surface area contributed by atoms with Crippen LogP contribution >= 0.6 is 0 Å². The summed E-state index contributed by atoms with van der Waals surface area (Å²) >= 11 is 0. The normalized spacial score (nSPS) is 20.9. The van der Waals surface area contributed by atoms with Crippen molar-refractivity contribution in [1.82, 2.24) is 24.9 Å². The number of alkyl halides is 2. The maximum absolute atomic E-state index is 13.9. The number of anilines is 1. The van der Waals surface area contributed by atoms with Crippen LogP contribution in [0.4, 0.5) is 19.0 Å². The highest BCUT2D eigenvalue weighted by Gasteiger charge is 2.31. The second-order valence-electron chi connectivity index (χ2n) is 7.39. The van der Waals surface area contributed by atoms with E-state index in [0.717, 1.165) is 6.20 Å². The molecule has 9 nitrogen and oxygen atoms in total. The van der Waals surface area contributed by atoms with Crippen molar-refractivity contribution in [1.29, 1.82) is 0 Å². The van der Waals surface area contributed by atoms with Gasteiger partial charge in [0.05, 0.1) is 31.2 Å². The van der Waals surface area contributed by atoms with Crippen LogP contribution < -0.4 is 19.7 Å². The Morgan fingerprint density at radius 1 is 1.26 bits per heavy atom. The van der Waals surface area contributed by atoms with Gasteiger partial charge in [0.1, 0.15) is 30.6 Å². The number of nitrogens with one attached hydrogen (secondary N) is 1. The van der Waals surface area contributed by atoms with Gasteiger partial charge in [-0.1, -0.05) is 0 Å². The quantitative estimate of drug-likeness (QED) is 0.624. The van der Waals surface area contributed by atoms with Crippen LogP contribution in [0.25, 0.3) is 5.65 Å². The molecule has 31 heavy (non-hydrogen) atoms. The van der Waals surface area contributed by atoms with Gasteiger partial charge in [-0.25, -0.2) is 27.7 Å². The van der Waals surface area contributed by atoms with Crippen LogP contribution in [0, 0.1) is 5.82 Å². The van der Waals surface area contributed by atoms with E-state index < -0.39 is 30.8 Å². The number of amides is 1. The van der Waals surface area contributed by atoms with Gasteiger partial charge in [0.25, 0.3) is 12.3 Å². The molecule has 162 valence electrons. The summed E-state index contributed by atoms with van der Waals surface area (Å²) in [5.41, 5.74) is 0.575. The SMILES string of the molecule is C[C@@H]1COc2cn3ncc4c3nc2N1Cc1cc(F)cnc1OC[C@@H](C(F)F)NC4=O. The van der Waals surface area contributed by atoms with Crippen molar-refractivity contribution in [3.63, 3.8) is 0 Å². The van der Waals surface area contributed by atoms with E-state index in [4.69, 9.17) is 9.47 Å². The van der Waals surface area contributed by atoms with Crippen LogP contribution in [0.1, 0.15) is 22.8 Å². The summed E-state index contributed by atoms with van der Waals surface area (Å²) in [6.07, 6.45) is 0.871. The first-order valence-corrected chi connectivity index (χ1v) is 9.54. The molecule has 2 aliphatic rings. The molecular formula is C19H17F3N6O3. The summed E-state index contributed by atoms with van der Waals surface area (Å²) in [7, 11) is 0. The maximum atomic E-state index is 13.9. The molecule has 0 saturated carbocycles. The second kappa shape index (κ2) is 7.29. The summed E-state index contributed by atoms with van der Waals surface area (Å²) < 4.78 is 53.7. The lowest BCUT2D eigenvalue weighted by Gasteiger charge is -2.35. The third-order valence-corrected chi connectivity index (χ3v) is 5.22. The van der Waals surface area contributed by atoms with Crippen LogP contribution in [0.5, 0.6) is 11.6 Å². The van der Waals surface area contributed by atoms with E-state index in [9.17, 15) is 18.0 Å². The zero-order valence-corrected chi connectivity index (χ0v) is 16.3. The third-order valence-electron chi connectivity index (χ3n) is 5.22. The summed E-state index contributed by atoms with van der Waals surface area (Å²) in [6.45, 7) is 1.83. The number of nitrogens with zero attached hydrogens (tertiary/aromatic N) is 5. The molecule has 5 rings (SSSR count). The highest BCUT2D eigenvalue weighted by molar-refractivity contribution is 6.00. The number of halogens is 3. The highest BCUT2D eigenvalue weighted by atomic mass is 19.3. The Morgan fingerprint density at radius 3 is 2.90 bits per heavy atom. The zero-order chi connectivity index (χ0) is 21.7. The molecule has 0 saturated heterocycles. The Hall–Kier alpha value is -3.57. The standard InChI is InChI=1S/C19H17F3N6O3/c1-9-7-30-14-6-28-16-12(4-24-28)18(29)25-13(15(21)22)8-31-19-10(2-11(20)3-23-19)5-27(9)17(14)26-16/h2-4,6,9,13,15H,5,7-8H2,1H3,(H,25,29)/t9-,13+/m1/s1. The summed E-state index contributed by atoms with van der Waals surface area (Å²) in [4.78, 5) is 23.0. The number of pyridine rings is 1. The molecule has 2 atom stereocenters. The van der Waals surface area contributed by atoms with Gasteiger partial charge in [0, 0.05) is 5.56 Å². The number of carbonyl (C=O) groups is 1. The topological polar surface area (TPSA) is 93.9 Å². The van der Waals surface area contributed by atoms with Gasteiger partial charge in [-0.15, -0.1) is 0 Å². The van der Waals surface area contributed by atoms with Gasteiger partial charge in [-0.3, -0.25) is 4.79 Å². The monoisotopic (exact) mass is 434 g/mol. The van der Waals surface area contributed by atoms with E-state index in [1.54, 1.807) is 6.20 Å². The van der Waals surface area contributed by atoms with Gasteiger partial charge in [-0.05, 0) is 13.0 Å². The summed E-state index contributed by atoms with van der Waals surface area (Å²) in [5.74, 6) is -0.509. The Bertz CT molecular complexity index is 1170. The molecular weight excluding hydrogens is 417 g/mol. The molecule has 0 aromatic carbocycles. The van der Waals surface area contributed by atoms with Gasteiger partial charge in [0.15, 0.2) is 17.2 Å². The molecule has 1 N–H and O–H groups in total. The van der Waals surface area contributed by atoms with Crippen LogP contribution in [-0.4, -0.2) is 57.2 Å². The molecule has 2 bridgehead atoms. The van der Waals surface area contributed by atoms with E-state index in [2.05, 4.69) is 20.4 Å². The fourth-order valence-electron chi connectivity index (χ4n) is 3.58. The predicted molar refractivity (Wildman–Crippen MR) is 101 cm³/mol. The molecule has 3 aromatic heterocycles. The number of hydrogen-bond acceptors (Lipinski definition) is 7. The second-order valence-corrected chi connectivity index (χ2v) is 7.39. The lowest BCUT2D eigenvalue weighted by Crippen LogP contribution is -2.44. The number of ether oxygens (including phenoxy) is 2. The Morgan fingerprint density at radius 2 is 2.10 bits per heavy atom. The third kappa shape index (κ3) is 3.37. The van der Waals surface area contributed by atoms with Crippen LogP contribution in [0.2, 0.25) is 0 Å². The fraction of sp³-hybridized carbons (Fsp3) is 0.368. The minimum atomic E-state index is -2.90. The average Bonchev–Trinajstić information content (AvgIpc) is 3.15.